The summed E-state index contributed by atoms with van der Waals surface area (Å²) in [6, 6.07) is 7.75. The topological polar surface area (TPSA) is 76.0 Å². The molecule has 1 atom stereocenters. The number of hydrogen-bond acceptors (Lipinski definition) is 5. The molecule has 5 nitrogen and oxygen atoms in total. The molecule has 0 aliphatic carbocycles. The molecule has 0 fully saturated rings. The Morgan fingerprint density at radius 1 is 1.25 bits per heavy atom. The average molecular weight is 387 g/mol. The molecule has 1 heterocycles. The van der Waals surface area contributed by atoms with Gasteiger partial charge in [-0.25, -0.2) is 4.39 Å². The van der Waals surface area contributed by atoms with E-state index < -0.39 is 18.6 Å². The zero-order valence-corrected chi connectivity index (χ0v) is 16.3. The summed E-state index contributed by atoms with van der Waals surface area (Å²) in [6.07, 6.45) is -0.337. The molecule has 2 aromatic rings. The van der Waals surface area contributed by atoms with Crippen LogP contribution in [0.25, 0.3) is 0 Å². The van der Waals surface area contributed by atoms with Crippen LogP contribution in [0.1, 0.15) is 59.1 Å². The number of ketones is 1. The quantitative estimate of drug-likeness (QED) is 0.740. The van der Waals surface area contributed by atoms with Gasteiger partial charge in [0.15, 0.2) is 6.17 Å². The van der Waals surface area contributed by atoms with Crippen LogP contribution < -0.4 is 9.47 Å². The number of carbonyl (C=O) groups excluding carboxylic acids is 1. The lowest BCUT2D eigenvalue weighted by Crippen LogP contribution is -2.32. The molecule has 150 valence electrons. The Morgan fingerprint density at radius 2 is 2.00 bits per heavy atom. The highest BCUT2D eigenvalue weighted by Gasteiger charge is 2.29. The van der Waals surface area contributed by atoms with Crippen molar-refractivity contribution in [1.29, 1.82) is 0 Å². The van der Waals surface area contributed by atoms with E-state index in [0.29, 0.717) is 11.1 Å². The molecule has 3 rings (SSSR count). The van der Waals surface area contributed by atoms with Gasteiger partial charge in [-0.05, 0) is 73.7 Å². The number of alkyl halides is 1. The van der Waals surface area contributed by atoms with Gasteiger partial charge < -0.3 is 19.7 Å². The molecule has 0 radical (unpaired) electrons. The lowest BCUT2D eigenvalue weighted by atomic mass is 9.91. The lowest BCUT2D eigenvalue weighted by Gasteiger charge is -2.32. The zero-order valence-electron chi connectivity index (χ0n) is 16.3. The number of aliphatic hydroxyl groups is 2. The third-order valence-corrected chi connectivity index (χ3v) is 5.12. The second-order valence-corrected chi connectivity index (χ2v) is 7.59. The molecule has 0 spiro atoms. The van der Waals surface area contributed by atoms with E-state index in [1.54, 1.807) is 18.2 Å². The second kappa shape index (κ2) is 7.89. The highest BCUT2D eigenvalue weighted by molar-refractivity contribution is 6.00. The summed E-state index contributed by atoms with van der Waals surface area (Å²) in [6.45, 7) is 3.27. The fraction of sp³-hybridized carbons (Fsp3) is 0.409. The number of Topliss-reactive ketones (excluding diaryl/α,β-unsaturated/α-hetero) is 1. The maximum absolute atomic E-state index is 15.1. The Balaban J connectivity index is 1.91. The van der Waals surface area contributed by atoms with Crippen LogP contribution in [0, 0.1) is 0 Å². The van der Waals surface area contributed by atoms with Crippen molar-refractivity contribution in [2.45, 2.75) is 51.7 Å². The van der Waals surface area contributed by atoms with Gasteiger partial charge in [-0.2, -0.15) is 0 Å². The van der Waals surface area contributed by atoms with Crippen molar-refractivity contribution in [3.63, 3.8) is 0 Å². The number of benzene rings is 2. The number of fused-ring (bicyclic) bond motifs is 1. The first-order valence-electron chi connectivity index (χ1n) is 9.21. The minimum Gasteiger partial charge on any atom is -0.496 e. The van der Waals surface area contributed by atoms with Gasteiger partial charge in [0.1, 0.15) is 17.1 Å². The Bertz CT molecular complexity index is 865. The van der Waals surface area contributed by atoms with E-state index in [1.165, 1.54) is 19.2 Å². The number of rotatable bonds is 6. The van der Waals surface area contributed by atoms with E-state index in [2.05, 4.69) is 0 Å². The fourth-order valence-corrected chi connectivity index (χ4v) is 3.49. The van der Waals surface area contributed by atoms with Crippen LogP contribution in [0.15, 0.2) is 30.3 Å². The highest BCUT2D eigenvalue weighted by Crippen LogP contribution is 2.35. The molecule has 6 heteroatoms. The van der Waals surface area contributed by atoms with E-state index in [9.17, 15) is 15.0 Å². The molecule has 0 amide bonds. The van der Waals surface area contributed by atoms with E-state index in [0.717, 1.165) is 24.2 Å². The summed E-state index contributed by atoms with van der Waals surface area (Å²) >= 11 is 0. The highest BCUT2D eigenvalue weighted by atomic mass is 18.2. The van der Waals surface area contributed by atoms with E-state index in [-0.39, 0.29) is 29.1 Å². The van der Waals surface area contributed by atoms with Gasteiger partial charge in [0.05, 0.1) is 20.3 Å². The molecule has 0 saturated heterocycles. The number of ether oxygens (including phenoxy) is 2. The second-order valence-electron chi connectivity index (χ2n) is 7.59. The third-order valence-electron chi connectivity index (χ3n) is 5.12. The van der Waals surface area contributed by atoms with E-state index in [1.807, 2.05) is 13.8 Å². The summed E-state index contributed by atoms with van der Waals surface area (Å²) in [5.74, 6) is 0.288. The first-order chi connectivity index (χ1) is 13.3. The van der Waals surface area contributed by atoms with Crippen molar-refractivity contribution >= 4 is 5.78 Å². The van der Waals surface area contributed by atoms with Gasteiger partial charge in [-0.15, -0.1) is 0 Å². The monoisotopic (exact) mass is 387 g/mol. The molecule has 2 N–H and O–H groups in total. The lowest BCUT2D eigenvalue weighted by molar-refractivity contribution is 0.0841. The minimum atomic E-state index is -1.91. The standard InChI is InChI=1S/C22H25FO5/c1-22(2)7-6-13-8-14(4-5-18(13)28-22)21(26)20(23)15-9-16(11-24)17(12-25)19(10-15)27-3/h4-5,8-10,20,24-25H,6-7,11-12H2,1-3H3/i23-1. The third kappa shape index (κ3) is 3.88. The van der Waals surface area contributed by atoms with Gasteiger partial charge in [-0.3, -0.25) is 4.79 Å². The largest absolute Gasteiger partial charge is 0.496 e. The van der Waals surface area contributed by atoms with Crippen LogP contribution in [0.4, 0.5) is 4.39 Å². The summed E-state index contributed by atoms with van der Waals surface area (Å²) in [5, 5.41) is 19.0. The van der Waals surface area contributed by atoms with Gasteiger partial charge >= 0.3 is 0 Å². The number of aliphatic hydroxyl groups excluding tert-OH is 2. The van der Waals surface area contributed by atoms with Crippen molar-refractivity contribution in [2.24, 2.45) is 0 Å². The van der Waals surface area contributed by atoms with Gasteiger partial charge in [0.25, 0.3) is 0 Å². The average Bonchev–Trinajstić information content (AvgIpc) is 2.70. The SMILES string of the molecule is COc1cc(C([18F])C(=O)c2ccc3c(c2)CCC(C)(C)O3)cc(CO)c1CO. The van der Waals surface area contributed by atoms with Gasteiger partial charge in [-0.1, -0.05) is 0 Å². The van der Waals surface area contributed by atoms with Crippen molar-refractivity contribution in [3.8, 4) is 11.5 Å². The molecule has 0 bridgehead atoms. The molecule has 1 unspecified atom stereocenters. The molecular weight excluding hydrogens is 362 g/mol. The number of aryl methyl sites for hydroxylation is 1. The van der Waals surface area contributed by atoms with Crippen molar-refractivity contribution in [1.82, 2.24) is 0 Å². The Kier molecular flexibility index (Phi) is 5.72. The number of hydrogen-bond donors (Lipinski definition) is 2. The summed E-state index contributed by atoms with van der Waals surface area (Å²) in [5.41, 5.74) is 1.69. The van der Waals surface area contributed by atoms with Crippen LogP contribution in [0.3, 0.4) is 0 Å². The van der Waals surface area contributed by atoms with Crippen molar-refractivity contribution in [3.05, 3.63) is 58.1 Å². The smallest absolute Gasteiger partial charge is 0.201 e. The fourth-order valence-electron chi connectivity index (χ4n) is 3.49. The normalized spacial score (nSPS) is 16.1. The van der Waals surface area contributed by atoms with Crippen LogP contribution in [-0.2, 0) is 19.6 Å². The molecule has 2 aromatic carbocycles. The maximum atomic E-state index is 15.1. The Hall–Kier alpha value is -2.44. The predicted molar refractivity (Wildman–Crippen MR) is 102 cm³/mol. The van der Waals surface area contributed by atoms with Crippen LogP contribution in [0.5, 0.6) is 11.5 Å². The Labute approximate surface area is 163 Å². The minimum absolute atomic E-state index is 0.0817. The van der Waals surface area contributed by atoms with E-state index >= 15 is 4.39 Å². The van der Waals surface area contributed by atoms with Crippen molar-refractivity contribution < 1.29 is 28.9 Å². The molecule has 1 aliphatic heterocycles. The van der Waals surface area contributed by atoms with Crippen LogP contribution >= 0.6 is 0 Å². The number of halogens is 1. The zero-order chi connectivity index (χ0) is 20.5. The number of methoxy groups -OCH3 is 1. The molecule has 1 aliphatic rings. The maximum Gasteiger partial charge on any atom is 0.201 e. The number of carbonyl (C=O) groups is 1. The Morgan fingerprint density at radius 3 is 2.64 bits per heavy atom. The van der Waals surface area contributed by atoms with Crippen molar-refractivity contribution in [2.75, 3.05) is 7.11 Å². The molecule has 0 saturated carbocycles. The predicted octanol–water partition coefficient (Wildman–Crippen LogP) is 3.68. The van der Waals surface area contributed by atoms with E-state index in [4.69, 9.17) is 9.47 Å². The first-order valence-corrected chi connectivity index (χ1v) is 9.21. The van der Waals surface area contributed by atoms with Gasteiger partial charge in [0.2, 0.25) is 5.78 Å². The molecule has 0 aromatic heterocycles. The molecule has 28 heavy (non-hydrogen) atoms. The van der Waals surface area contributed by atoms with Gasteiger partial charge in [0, 0.05) is 11.1 Å². The summed E-state index contributed by atoms with van der Waals surface area (Å²) in [7, 11) is 1.39. The summed E-state index contributed by atoms with van der Waals surface area (Å²) in [4.78, 5) is 12.7. The van der Waals surface area contributed by atoms with Crippen LogP contribution in [-0.4, -0.2) is 28.7 Å². The first kappa shape index (κ1) is 20.3. The summed E-state index contributed by atoms with van der Waals surface area (Å²) < 4.78 is 26.2. The molecular formula is C22H25FO5. The van der Waals surface area contributed by atoms with Crippen LogP contribution in [0.2, 0.25) is 0 Å².